The Kier molecular flexibility index (Phi) is 3.01. The number of hydrogen-bond acceptors (Lipinski definition) is 3. The van der Waals surface area contributed by atoms with Crippen molar-refractivity contribution in [1.29, 1.82) is 0 Å². The Hall–Kier alpha value is -0.450. The van der Waals surface area contributed by atoms with Crippen molar-refractivity contribution in [1.82, 2.24) is 0 Å². The molecular formula is C8H18N2O2. The summed E-state index contributed by atoms with van der Waals surface area (Å²) in [7, 11) is 0. The summed E-state index contributed by atoms with van der Waals surface area (Å²) in [5.41, 5.74) is 4.32. The summed E-state index contributed by atoms with van der Waals surface area (Å²) in [6.45, 7) is 8.14. The first-order valence-electron chi connectivity index (χ1n) is 3.95. The van der Waals surface area contributed by atoms with Crippen LogP contribution in [-0.4, -0.2) is 17.0 Å². The van der Waals surface area contributed by atoms with Gasteiger partial charge in [0.25, 0.3) is 0 Å². The van der Waals surface area contributed by atoms with Gasteiger partial charge in [-0.1, -0.05) is 0 Å². The van der Waals surface area contributed by atoms with Gasteiger partial charge in [0.05, 0.1) is 12.5 Å². The van der Waals surface area contributed by atoms with Crippen molar-refractivity contribution in [2.45, 2.75) is 45.7 Å². The van der Waals surface area contributed by atoms with E-state index in [4.69, 9.17) is 5.73 Å². The van der Waals surface area contributed by atoms with E-state index in [0.29, 0.717) is 0 Å². The van der Waals surface area contributed by atoms with Gasteiger partial charge in [-0.3, -0.25) is 0 Å². The first-order valence-corrected chi connectivity index (χ1v) is 3.95. The molecule has 0 saturated carbocycles. The van der Waals surface area contributed by atoms with Gasteiger partial charge in [-0.25, -0.2) is 4.79 Å². The van der Waals surface area contributed by atoms with Gasteiger partial charge in [-0.05, 0) is 27.7 Å². The summed E-state index contributed by atoms with van der Waals surface area (Å²) in [5, 5.41) is 11.0. The van der Waals surface area contributed by atoms with Crippen molar-refractivity contribution in [3.63, 3.8) is 0 Å². The highest BCUT2D eigenvalue weighted by molar-refractivity contribution is 5.63. The van der Waals surface area contributed by atoms with Gasteiger partial charge in [0, 0.05) is 0 Å². The molecule has 0 aliphatic carbocycles. The van der Waals surface area contributed by atoms with Gasteiger partial charge in [-0.15, -0.1) is 0 Å². The summed E-state index contributed by atoms with van der Waals surface area (Å²) >= 11 is 0. The first-order chi connectivity index (χ1) is 5.10. The summed E-state index contributed by atoms with van der Waals surface area (Å²) < 4.78 is 0. The van der Waals surface area contributed by atoms with Crippen LogP contribution < -0.4 is 10.8 Å². The number of carbonyl (C=O) groups excluding carboxylic acids is 1. The predicted molar refractivity (Wildman–Crippen MR) is 47.4 cm³/mol. The predicted octanol–water partition coefficient (Wildman–Crippen LogP) is -0.568. The molecule has 0 saturated heterocycles. The molecule has 0 bridgehead atoms. The van der Waals surface area contributed by atoms with Crippen molar-refractivity contribution in [2.24, 2.45) is 5.73 Å². The lowest BCUT2D eigenvalue weighted by Gasteiger charge is -2.44. The Morgan fingerprint density at radius 2 is 1.67 bits per heavy atom. The van der Waals surface area contributed by atoms with E-state index in [-0.39, 0.29) is 0 Å². The van der Waals surface area contributed by atoms with Crippen LogP contribution in [0.2, 0.25) is 0 Å². The Balaban J connectivity index is 4.73. The van der Waals surface area contributed by atoms with E-state index in [1.54, 1.807) is 27.7 Å². The van der Waals surface area contributed by atoms with Crippen molar-refractivity contribution in [3.8, 4) is 0 Å². The number of rotatable bonds is 2. The standard InChI is InChI=1S/C8H18N2O2/c1-6(11)10(12)8(4,5)7(2,3)9/h10H,9H2,1-5H3. The summed E-state index contributed by atoms with van der Waals surface area (Å²) in [4.78, 5) is 10.8. The van der Waals surface area contributed by atoms with Crippen LogP contribution in [0.1, 0.15) is 34.6 Å². The maximum atomic E-state index is 11.4. The Morgan fingerprint density at radius 3 is 1.75 bits per heavy atom. The number of hydrogen-bond donors (Lipinski definition) is 2. The number of nitrogens with one attached hydrogen (secondary N) is 1. The molecule has 0 radical (unpaired) electrons. The summed E-state index contributed by atoms with van der Waals surface area (Å²) in [6, 6.07) is 0. The topological polar surface area (TPSA) is 70.6 Å². The molecule has 4 heteroatoms. The number of carbonyl (C=O) groups is 1. The molecular weight excluding hydrogens is 156 g/mol. The lowest BCUT2D eigenvalue weighted by molar-refractivity contribution is -0.828. The fourth-order valence-corrected chi connectivity index (χ4v) is 0.733. The molecule has 0 aromatic heterocycles. The molecule has 0 aliphatic rings. The highest BCUT2D eigenvalue weighted by Crippen LogP contribution is 2.13. The molecule has 4 nitrogen and oxygen atoms in total. The zero-order chi connectivity index (χ0) is 10.2. The third-order valence-corrected chi connectivity index (χ3v) is 2.50. The molecule has 0 aromatic rings. The quantitative estimate of drug-likeness (QED) is 0.551. The third-order valence-electron chi connectivity index (χ3n) is 2.50. The minimum Gasteiger partial charge on any atom is -0.626 e. The first kappa shape index (κ1) is 11.6. The lowest BCUT2D eigenvalue weighted by Crippen LogP contribution is -3.20. The van der Waals surface area contributed by atoms with Crippen molar-refractivity contribution in [2.75, 3.05) is 0 Å². The molecule has 12 heavy (non-hydrogen) atoms. The fraction of sp³-hybridized carbons (Fsp3) is 0.875. The second kappa shape index (κ2) is 3.12. The van der Waals surface area contributed by atoms with Crippen LogP contribution in [0.15, 0.2) is 0 Å². The van der Waals surface area contributed by atoms with E-state index in [0.717, 1.165) is 0 Å². The van der Waals surface area contributed by atoms with E-state index in [1.165, 1.54) is 6.92 Å². The van der Waals surface area contributed by atoms with Gasteiger partial charge in [0.2, 0.25) is 0 Å². The van der Waals surface area contributed by atoms with Crippen LogP contribution in [0, 0.1) is 5.21 Å². The molecule has 0 aromatic carbocycles. The molecule has 0 spiro atoms. The molecule has 3 N–H and O–H groups in total. The minimum absolute atomic E-state index is 0.407. The van der Waals surface area contributed by atoms with E-state index < -0.39 is 22.0 Å². The largest absolute Gasteiger partial charge is 0.626 e. The van der Waals surface area contributed by atoms with Gasteiger partial charge in [-0.2, -0.15) is 0 Å². The van der Waals surface area contributed by atoms with Gasteiger partial charge >= 0.3 is 5.91 Å². The molecule has 0 heterocycles. The second-order valence-electron chi connectivity index (χ2n) is 4.23. The average Bonchev–Trinajstić information content (AvgIpc) is 1.83. The zero-order valence-electron chi connectivity index (χ0n) is 8.39. The minimum atomic E-state index is -0.793. The maximum absolute atomic E-state index is 11.4. The Bertz CT molecular complexity index is 182. The van der Waals surface area contributed by atoms with E-state index in [1.807, 2.05) is 0 Å². The van der Waals surface area contributed by atoms with E-state index >= 15 is 0 Å². The monoisotopic (exact) mass is 174 g/mol. The Labute approximate surface area is 73.3 Å². The van der Waals surface area contributed by atoms with Crippen LogP contribution in [0.4, 0.5) is 0 Å². The highest BCUT2D eigenvalue weighted by Gasteiger charge is 2.41. The maximum Gasteiger partial charge on any atom is 0.309 e. The van der Waals surface area contributed by atoms with Crippen LogP contribution in [0.3, 0.4) is 0 Å². The third kappa shape index (κ3) is 2.03. The molecule has 0 fully saturated rings. The Morgan fingerprint density at radius 1 is 1.33 bits per heavy atom. The van der Waals surface area contributed by atoms with Gasteiger partial charge in [0.15, 0.2) is 0 Å². The van der Waals surface area contributed by atoms with Crippen LogP contribution in [0.5, 0.6) is 0 Å². The number of quaternary nitrogens is 1. The highest BCUT2D eigenvalue weighted by atomic mass is 16.5. The van der Waals surface area contributed by atoms with E-state index in [2.05, 4.69) is 0 Å². The molecule has 1 atom stereocenters. The smallest absolute Gasteiger partial charge is 0.309 e. The molecule has 1 unspecified atom stereocenters. The van der Waals surface area contributed by atoms with Crippen molar-refractivity contribution >= 4 is 5.91 Å². The summed E-state index contributed by atoms with van der Waals surface area (Å²) in [5.74, 6) is -0.432. The van der Waals surface area contributed by atoms with Crippen molar-refractivity contribution < 1.29 is 9.86 Å². The number of amides is 1. The van der Waals surface area contributed by atoms with Crippen LogP contribution in [0.25, 0.3) is 0 Å². The molecule has 0 rings (SSSR count). The molecule has 0 aliphatic heterocycles. The van der Waals surface area contributed by atoms with Gasteiger partial charge in [0.1, 0.15) is 5.54 Å². The second-order valence-corrected chi connectivity index (χ2v) is 4.23. The molecule has 72 valence electrons. The average molecular weight is 174 g/mol. The van der Waals surface area contributed by atoms with Crippen LogP contribution in [-0.2, 0) is 4.79 Å². The SMILES string of the molecule is CC(=O)[NH+]([O-])C(C)(C)C(C)(C)N. The number of hydroxylamine groups is 2. The molecule has 1 amide bonds. The van der Waals surface area contributed by atoms with Crippen LogP contribution >= 0.6 is 0 Å². The summed E-state index contributed by atoms with van der Waals surface area (Å²) in [6.07, 6.45) is 0. The van der Waals surface area contributed by atoms with E-state index in [9.17, 15) is 10.0 Å². The lowest BCUT2D eigenvalue weighted by atomic mass is 9.83. The number of nitrogens with two attached hydrogens (primary N) is 1. The van der Waals surface area contributed by atoms with Crippen molar-refractivity contribution in [3.05, 3.63) is 5.21 Å². The van der Waals surface area contributed by atoms with Gasteiger partial charge < -0.3 is 16.0 Å². The zero-order valence-corrected chi connectivity index (χ0v) is 8.39. The fourth-order valence-electron chi connectivity index (χ4n) is 0.733. The normalized spacial score (nSPS) is 15.9.